The third-order valence-electron chi connectivity index (χ3n) is 5.73. The zero-order chi connectivity index (χ0) is 19.1. The number of likely N-dealkylation sites (tertiary alicyclic amines) is 1. The van der Waals surface area contributed by atoms with Crippen LogP contribution in [-0.2, 0) is 13.0 Å². The quantitative estimate of drug-likeness (QED) is 0.715. The van der Waals surface area contributed by atoms with Crippen LogP contribution in [-0.4, -0.2) is 41.9 Å². The number of amides is 1. The minimum Gasteiger partial charge on any atom is -0.339 e. The average Bonchev–Trinajstić information content (AvgIpc) is 2.72. The predicted molar refractivity (Wildman–Crippen MR) is 112 cm³/mol. The monoisotopic (exact) mass is 364 g/mol. The van der Waals surface area contributed by atoms with E-state index in [4.69, 9.17) is 0 Å². The Labute approximate surface area is 164 Å². The molecule has 0 spiro atoms. The third-order valence-corrected chi connectivity index (χ3v) is 5.73. The molecular formula is C24H32N2O. The molecule has 2 aromatic rings. The lowest BCUT2D eigenvalue weighted by atomic mass is 9.90. The van der Waals surface area contributed by atoms with Crippen LogP contribution in [0.5, 0.6) is 0 Å². The molecule has 0 radical (unpaired) electrons. The molecule has 0 aromatic heterocycles. The summed E-state index contributed by atoms with van der Waals surface area (Å²) >= 11 is 0. The normalized spacial score (nSPS) is 15.6. The van der Waals surface area contributed by atoms with E-state index in [1.807, 2.05) is 30.9 Å². The van der Waals surface area contributed by atoms with Crippen LogP contribution in [0.1, 0.15) is 48.2 Å². The number of hydrogen-bond donors (Lipinski definition) is 0. The first kappa shape index (κ1) is 19.6. The van der Waals surface area contributed by atoms with Gasteiger partial charge in [-0.05, 0) is 75.4 Å². The van der Waals surface area contributed by atoms with Crippen LogP contribution in [0.25, 0.3) is 0 Å². The summed E-state index contributed by atoms with van der Waals surface area (Å²) in [4.78, 5) is 16.8. The van der Waals surface area contributed by atoms with Crippen molar-refractivity contribution in [3.05, 3.63) is 71.3 Å². The van der Waals surface area contributed by atoms with E-state index in [1.54, 1.807) is 0 Å². The first-order chi connectivity index (χ1) is 13.2. The zero-order valence-electron chi connectivity index (χ0n) is 16.7. The number of piperidine rings is 1. The Hall–Kier alpha value is -2.13. The van der Waals surface area contributed by atoms with Gasteiger partial charge < -0.3 is 4.90 Å². The number of carbonyl (C=O) groups excluding carboxylic acids is 1. The largest absolute Gasteiger partial charge is 0.339 e. The summed E-state index contributed by atoms with van der Waals surface area (Å²) in [7, 11) is 0. The molecule has 3 nitrogen and oxygen atoms in total. The maximum atomic E-state index is 12.4. The predicted octanol–water partition coefficient (Wildman–Crippen LogP) is 4.62. The van der Waals surface area contributed by atoms with E-state index in [9.17, 15) is 4.79 Å². The molecule has 2 aromatic carbocycles. The van der Waals surface area contributed by atoms with Gasteiger partial charge in [0.1, 0.15) is 0 Å². The summed E-state index contributed by atoms with van der Waals surface area (Å²) in [6, 6.07) is 19.1. The molecule has 0 aliphatic carbocycles. The minimum atomic E-state index is 0.133. The molecule has 0 unspecified atom stereocenters. The molecule has 0 atom stereocenters. The molecule has 27 heavy (non-hydrogen) atoms. The van der Waals surface area contributed by atoms with Gasteiger partial charge in [0.15, 0.2) is 0 Å². The summed E-state index contributed by atoms with van der Waals surface area (Å²) in [5.41, 5.74) is 3.56. The smallest absolute Gasteiger partial charge is 0.253 e. The SMILES string of the molecule is CCN(CC)C(=O)c1ccc(CN2CCC(Cc3ccccc3)CC2)cc1. The van der Waals surface area contributed by atoms with Crippen molar-refractivity contribution in [3.8, 4) is 0 Å². The lowest BCUT2D eigenvalue weighted by molar-refractivity contribution is 0.0773. The van der Waals surface area contributed by atoms with Gasteiger partial charge in [0, 0.05) is 25.2 Å². The van der Waals surface area contributed by atoms with Gasteiger partial charge >= 0.3 is 0 Å². The molecule has 1 amide bonds. The van der Waals surface area contributed by atoms with Crippen molar-refractivity contribution in [3.63, 3.8) is 0 Å². The molecule has 1 saturated heterocycles. The summed E-state index contributed by atoms with van der Waals surface area (Å²) in [6.45, 7) is 8.88. The van der Waals surface area contributed by atoms with Crippen molar-refractivity contribution < 1.29 is 4.79 Å². The zero-order valence-corrected chi connectivity index (χ0v) is 16.7. The lowest BCUT2D eigenvalue weighted by Crippen LogP contribution is -2.34. The van der Waals surface area contributed by atoms with Gasteiger partial charge in [-0.2, -0.15) is 0 Å². The van der Waals surface area contributed by atoms with Gasteiger partial charge in [0.2, 0.25) is 0 Å². The van der Waals surface area contributed by atoms with Crippen LogP contribution < -0.4 is 0 Å². The van der Waals surface area contributed by atoms with Crippen molar-refractivity contribution in [2.75, 3.05) is 26.2 Å². The number of hydrogen-bond acceptors (Lipinski definition) is 2. The van der Waals surface area contributed by atoms with Gasteiger partial charge in [-0.15, -0.1) is 0 Å². The fourth-order valence-corrected chi connectivity index (χ4v) is 4.00. The molecule has 1 fully saturated rings. The average molecular weight is 365 g/mol. The third kappa shape index (κ3) is 5.43. The number of carbonyl (C=O) groups is 1. The van der Waals surface area contributed by atoms with Crippen molar-refractivity contribution in [1.29, 1.82) is 0 Å². The van der Waals surface area contributed by atoms with Crippen LogP contribution in [0, 0.1) is 5.92 Å². The van der Waals surface area contributed by atoms with Crippen LogP contribution >= 0.6 is 0 Å². The molecular weight excluding hydrogens is 332 g/mol. The Morgan fingerprint density at radius 2 is 1.56 bits per heavy atom. The Kier molecular flexibility index (Phi) is 7.05. The first-order valence-corrected chi connectivity index (χ1v) is 10.3. The van der Waals surface area contributed by atoms with E-state index in [0.29, 0.717) is 0 Å². The lowest BCUT2D eigenvalue weighted by Gasteiger charge is -2.32. The van der Waals surface area contributed by atoms with Gasteiger partial charge in [0.05, 0.1) is 0 Å². The highest BCUT2D eigenvalue weighted by Gasteiger charge is 2.19. The highest BCUT2D eigenvalue weighted by atomic mass is 16.2. The van der Waals surface area contributed by atoms with E-state index in [1.165, 1.54) is 30.4 Å². The number of benzene rings is 2. The van der Waals surface area contributed by atoms with Crippen LogP contribution in [0.4, 0.5) is 0 Å². The fourth-order valence-electron chi connectivity index (χ4n) is 4.00. The summed E-state index contributed by atoms with van der Waals surface area (Å²) in [5, 5.41) is 0. The Morgan fingerprint density at radius 1 is 0.926 bits per heavy atom. The number of rotatable bonds is 7. The van der Waals surface area contributed by atoms with Crippen molar-refractivity contribution in [2.24, 2.45) is 5.92 Å². The van der Waals surface area contributed by atoms with Gasteiger partial charge in [-0.1, -0.05) is 42.5 Å². The van der Waals surface area contributed by atoms with Crippen LogP contribution in [0.15, 0.2) is 54.6 Å². The van der Waals surface area contributed by atoms with Crippen molar-refractivity contribution >= 4 is 5.91 Å². The summed E-state index contributed by atoms with van der Waals surface area (Å²) in [6.07, 6.45) is 3.75. The van der Waals surface area contributed by atoms with Gasteiger partial charge in [-0.3, -0.25) is 9.69 Å². The first-order valence-electron chi connectivity index (χ1n) is 10.3. The maximum absolute atomic E-state index is 12.4. The number of nitrogens with zero attached hydrogens (tertiary/aromatic N) is 2. The highest BCUT2D eigenvalue weighted by Crippen LogP contribution is 2.23. The van der Waals surface area contributed by atoms with Crippen LogP contribution in [0.2, 0.25) is 0 Å². The molecule has 3 rings (SSSR count). The molecule has 0 bridgehead atoms. The van der Waals surface area contributed by atoms with E-state index in [-0.39, 0.29) is 5.91 Å². The summed E-state index contributed by atoms with van der Waals surface area (Å²) < 4.78 is 0. The molecule has 0 saturated carbocycles. The Bertz CT molecular complexity index is 699. The maximum Gasteiger partial charge on any atom is 0.253 e. The molecule has 1 heterocycles. The standard InChI is InChI=1S/C24H32N2O/c1-3-26(4-2)24(27)23-12-10-22(11-13-23)19-25-16-14-21(15-17-25)18-20-8-6-5-7-9-20/h5-13,21H,3-4,14-19H2,1-2H3. The molecule has 1 aliphatic rings. The van der Waals surface area contributed by atoms with Crippen LogP contribution in [0.3, 0.4) is 0 Å². The molecule has 144 valence electrons. The Morgan fingerprint density at radius 3 is 2.15 bits per heavy atom. The van der Waals surface area contributed by atoms with Gasteiger partial charge in [0.25, 0.3) is 5.91 Å². The van der Waals surface area contributed by atoms with Crippen molar-refractivity contribution in [1.82, 2.24) is 9.80 Å². The molecule has 3 heteroatoms. The second-order valence-corrected chi connectivity index (χ2v) is 7.58. The van der Waals surface area contributed by atoms with E-state index in [0.717, 1.165) is 44.2 Å². The molecule has 0 N–H and O–H groups in total. The highest BCUT2D eigenvalue weighted by molar-refractivity contribution is 5.94. The second kappa shape index (κ2) is 9.70. The molecule has 1 aliphatic heterocycles. The second-order valence-electron chi connectivity index (χ2n) is 7.58. The topological polar surface area (TPSA) is 23.6 Å². The van der Waals surface area contributed by atoms with E-state index < -0.39 is 0 Å². The minimum absolute atomic E-state index is 0.133. The van der Waals surface area contributed by atoms with E-state index in [2.05, 4.69) is 47.4 Å². The van der Waals surface area contributed by atoms with Gasteiger partial charge in [-0.25, -0.2) is 0 Å². The van der Waals surface area contributed by atoms with Crippen molar-refractivity contribution in [2.45, 2.75) is 39.7 Å². The summed E-state index contributed by atoms with van der Waals surface area (Å²) in [5.74, 6) is 0.936. The fraction of sp³-hybridized carbons (Fsp3) is 0.458. The van der Waals surface area contributed by atoms with E-state index >= 15 is 0 Å². The Balaban J connectivity index is 1.48.